The van der Waals surface area contributed by atoms with Crippen LogP contribution in [0.25, 0.3) is 5.70 Å². The number of pyridine rings is 1. The van der Waals surface area contributed by atoms with E-state index in [-0.39, 0.29) is 0 Å². The number of aromatic nitrogens is 1. The van der Waals surface area contributed by atoms with Crippen LogP contribution in [-0.4, -0.2) is 11.0 Å². The van der Waals surface area contributed by atoms with Crippen molar-refractivity contribution in [1.82, 2.24) is 10.3 Å². The van der Waals surface area contributed by atoms with E-state index in [1.165, 1.54) is 25.7 Å². The third-order valence-corrected chi connectivity index (χ3v) is 3.73. The third-order valence-electron chi connectivity index (χ3n) is 3.73. The van der Waals surface area contributed by atoms with Crippen LogP contribution in [0.4, 0.5) is 0 Å². The molecule has 2 heteroatoms. The molecule has 2 nitrogen and oxygen atoms in total. The van der Waals surface area contributed by atoms with Crippen LogP contribution in [0.2, 0.25) is 0 Å². The average molecular weight is 230 g/mol. The van der Waals surface area contributed by atoms with Gasteiger partial charge in [-0.05, 0) is 50.7 Å². The predicted molar refractivity (Wildman–Crippen MR) is 72.6 cm³/mol. The van der Waals surface area contributed by atoms with Crippen LogP contribution < -0.4 is 5.32 Å². The van der Waals surface area contributed by atoms with Crippen molar-refractivity contribution in [2.75, 3.05) is 0 Å². The second-order valence-corrected chi connectivity index (χ2v) is 5.22. The largest absolute Gasteiger partial charge is 0.382 e. The molecule has 1 aliphatic rings. The minimum atomic E-state index is 0.596. The molecule has 0 spiro atoms. The molecule has 1 saturated carbocycles. The molecule has 0 atom stereocenters. The highest BCUT2D eigenvalue weighted by molar-refractivity contribution is 5.63. The topological polar surface area (TPSA) is 24.9 Å². The number of hydrogen-bond acceptors (Lipinski definition) is 2. The molecule has 0 radical (unpaired) electrons. The van der Waals surface area contributed by atoms with Gasteiger partial charge in [-0.1, -0.05) is 13.5 Å². The van der Waals surface area contributed by atoms with E-state index in [1.807, 2.05) is 19.2 Å². The van der Waals surface area contributed by atoms with Gasteiger partial charge >= 0.3 is 0 Å². The maximum absolute atomic E-state index is 4.30. The molecule has 0 aliphatic heterocycles. The first-order valence-electron chi connectivity index (χ1n) is 6.54. The molecule has 92 valence electrons. The molecule has 0 aromatic carbocycles. The first-order chi connectivity index (χ1) is 8.16. The van der Waals surface area contributed by atoms with Crippen molar-refractivity contribution in [1.29, 1.82) is 0 Å². The Morgan fingerprint density at radius 1 is 1.35 bits per heavy atom. The second-order valence-electron chi connectivity index (χ2n) is 5.22. The average Bonchev–Trinajstić information content (AvgIpc) is 2.32. The van der Waals surface area contributed by atoms with Crippen LogP contribution in [-0.2, 0) is 0 Å². The van der Waals surface area contributed by atoms with Crippen LogP contribution in [0.15, 0.2) is 24.9 Å². The molecule has 1 aromatic heterocycles. The third kappa shape index (κ3) is 3.09. The zero-order valence-electron chi connectivity index (χ0n) is 10.9. The fourth-order valence-corrected chi connectivity index (χ4v) is 2.53. The standard InChI is InChI=1S/C15H22N2/c1-11-6-8-14(9-7-11)17-13(3)15-5-4-10-16-12(15)2/h4-5,10-11,14,17H,3,6-9H2,1-2H3. The van der Waals surface area contributed by atoms with Gasteiger partial charge in [0, 0.05) is 29.2 Å². The Labute approximate surface area is 104 Å². The fourth-order valence-electron chi connectivity index (χ4n) is 2.53. The Bertz CT molecular complexity index is 390. The highest BCUT2D eigenvalue weighted by atomic mass is 14.9. The zero-order chi connectivity index (χ0) is 12.3. The molecule has 1 aromatic rings. The Balaban J connectivity index is 1.96. The van der Waals surface area contributed by atoms with E-state index in [2.05, 4.69) is 29.9 Å². The molecule has 0 amide bonds. The summed E-state index contributed by atoms with van der Waals surface area (Å²) in [6.07, 6.45) is 7.02. The first-order valence-corrected chi connectivity index (χ1v) is 6.54. The molecule has 1 fully saturated rings. The Morgan fingerprint density at radius 2 is 2.06 bits per heavy atom. The van der Waals surface area contributed by atoms with Crippen molar-refractivity contribution in [2.24, 2.45) is 5.92 Å². The number of nitrogens with zero attached hydrogens (tertiary/aromatic N) is 1. The van der Waals surface area contributed by atoms with Gasteiger partial charge in [-0.2, -0.15) is 0 Å². The number of hydrogen-bond donors (Lipinski definition) is 1. The highest BCUT2D eigenvalue weighted by Gasteiger charge is 2.18. The normalized spacial score (nSPS) is 24.4. The summed E-state index contributed by atoms with van der Waals surface area (Å²) in [5, 5.41) is 3.56. The summed E-state index contributed by atoms with van der Waals surface area (Å²) in [4.78, 5) is 4.30. The van der Waals surface area contributed by atoms with Gasteiger partial charge in [-0.25, -0.2) is 0 Å². The monoisotopic (exact) mass is 230 g/mol. The van der Waals surface area contributed by atoms with Gasteiger partial charge in [0.2, 0.25) is 0 Å². The van der Waals surface area contributed by atoms with E-state index in [9.17, 15) is 0 Å². The summed E-state index contributed by atoms with van der Waals surface area (Å²) in [5.41, 5.74) is 3.22. The first kappa shape index (κ1) is 12.2. The quantitative estimate of drug-likeness (QED) is 0.859. The van der Waals surface area contributed by atoms with Crippen LogP contribution in [0.3, 0.4) is 0 Å². The van der Waals surface area contributed by atoms with Gasteiger partial charge in [0.15, 0.2) is 0 Å². The van der Waals surface area contributed by atoms with Gasteiger partial charge in [0.05, 0.1) is 0 Å². The van der Waals surface area contributed by atoms with Crippen molar-refractivity contribution in [3.8, 4) is 0 Å². The molecule has 1 N–H and O–H groups in total. The SMILES string of the molecule is C=C(NC1CCC(C)CC1)c1cccnc1C. The number of nitrogens with one attached hydrogen (secondary N) is 1. The Kier molecular flexibility index (Phi) is 3.82. The van der Waals surface area contributed by atoms with Crippen molar-refractivity contribution >= 4 is 5.70 Å². The molecule has 0 unspecified atom stereocenters. The van der Waals surface area contributed by atoms with Crippen LogP contribution in [0, 0.1) is 12.8 Å². The van der Waals surface area contributed by atoms with E-state index in [0.717, 1.165) is 22.9 Å². The lowest BCUT2D eigenvalue weighted by atomic mass is 9.87. The molecular formula is C15H22N2. The molecule has 2 rings (SSSR count). The minimum absolute atomic E-state index is 0.596. The van der Waals surface area contributed by atoms with Gasteiger partial charge in [-0.15, -0.1) is 0 Å². The van der Waals surface area contributed by atoms with Crippen LogP contribution >= 0.6 is 0 Å². The van der Waals surface area contributed by atoms with Crippen LogP contribution in [0.1, 0.15) is 43.9 Å². The summed E-state index contributed by atoms with van der Waals surface area (Å²) in [5.74, 6) is 0.890. The lowest BCUT2D eigenvalue weighted by molar-refractivity contribution is 0.328. The lowest BCUT2D eigenvalue weighted by Crippen LogP contribution is -2.31. The molecule has 1 heterocycles. The van der Waals surface area contributed by atoms with E-state index in [1.54, 1.807) is 0 Å². The Morgan fingerprint density at radius 3 is 2.71 bits per heavy atom. The van der Waals surface area contributed by atoms with Gasteiger partial charge < -0.3 is 5.32 Å². The zero-order valence-corrected chi connectivity index (χ0v) is 10.9. The predicted octanol–water partition coefficient (Wildman–Crippen LogP) is 3.53. The number of aryl methyl sites for hydroxylation is 1. The van der Waals surface area contributed by atoms with Crippen molar-refractivity contribution in [3.63, 3.8) is 0 Å². The molecular weight excluding hydrogens is 208 g/mol. The Hall–Kier alpha value is -1.31. The molecule has 0 bridgehead atoms. The summed E-state index contributed by atoms with van der Waals surface area (Å²) in [6, 6.07) is 4.65. The smallest absolute Gasteiger partial charge is 0.0465 e. The van der Waals surface area contributed by atoms with Crippen molar-refractivity contribution in [3.05, 3.63) is 36.2 Å². The lowest BCUT2D eigenvalue weighted by Gasteiger charge is -2.28. The van der Waals surface area contributed by atoms with Crippen LogP contribution in [0.5, 0.6) is 0 Å². The summed E-state index contributed by atoms with van der Waals surface area (Å²) >= 11 is 0. The maximum atomic E-state index is 4.30. The van der Waals surface area contributed by atoms with Crippen molar-refractivity contribution < 1.29 is 0 Å². The summed E-state index contributed by atoms with van der Waals surface area (Å²) in [7, 11) is 0. The van der Waals surface area contributed by atoms with E-state index >= 15 is 0 Å². The highest BCUT2D eigenvalue weighted by Crippen LogP contribution is 2.25. The van der Waals surface area contributed by atoms with E-state index in [4.69, 9.17) is 0 Å². The second kappa shape index (κ2) is 5.35. The number of rotatable bonds is 3. The fraction of sp³-hybridized carbons (Fsp3) is 0.533. The summed E-state index contributed by atoms with van der Waals surface area (Å²) in [6.45, 7) is 8.52. The van der Waals surface area contributed by atoms with E-state index in [0.29, 0.717) is 6.04 Å². The van der Waals surface area contributed by atoms with Gasteiger partial charge in [-0.3, -0.25) is 4.98 Å². The van der Waals surface area contributed by atoms with E-state index < -0.39 is 0 Å². The van der Waals surface area contributed by atoms with Gasteiger partial charge in [0.1, 0.15) is 0 Å². The van der Waals surface area contributed by atoms with Gasteiger partial charge in [0.25, 0.3) is 0 Å². The maximum Gasteiger partial charge on any atom is 0.0465 e. The summed E-state index contributed by atoms with van der Waals surface area (Å²) < 4.78 is 0. The molecule has 0 saturated heterocycles. The molecule has 17 heavy (non-hydrogen) atoms. The minimum Gasteiger partial charge on any atom is -0.382 e. The van der Waals surface area contributed by atoms with Crippen molar-refractivity contribution in [2.45, 2.75) is 45.6 Å². The molecule has 1 aliphatic carbocycles.